The standard InChI is InChI=1S/C17H24N2O4/c1-18-10-6-5-9-15(18)11-19(12-16(20)21)17(22)23-13-14-7-3-2-4-8-14/h2-4,7-8,15H,5-6,9-13H2,1H3,(H,20,21)/t15-/m1/s1. The molecule has 126 valence electrons. The molecule has 1 aromatic carbocycles. The Morgan fingerprint density at radius 3 is 2.70 bits per heavy atom. The summed E-state index contributed by atoms with van der Waals surface area (Å²) >= 11 is 0. The molecule has 6 heteroatoms. The number of piperidine rings is 1. The number of likely N-dealkylation sites (N-methyl/N-ethyl adjacent to an activating group) is 1. The van der Waals surface area contributed by atoms with E-state index in [1.165, 1.54) is 4.90 Å². The van der Waals surface area contributed by atoms with E-state index in [9.17, 15) is 9.59 Å². The summed E-state index contributed by atoms with van der Waals surface area (Å²) in [7, 11) is 2.01. The van der Waals surface area contributed by atoms with Gasteiger partial charge in [0.15, 0.2) is 0 Å². The predicted octanol–water partition coefficient (Wildman–Crippen LogP) is 2.19. The molecule has 0 saturated carbocycles. The third kappa shape index (κ3) is 5.56. The zero-order valence-corrected chi connectivity index (χ0v) is 13.5. The Morgan fingerprint density at radius 1 is 1.30 bits per heavy atom. The Kier molecular flexibility index (Phi) is 6.40. The molecule has 1 saturated heterocycles. The van der Waals surface area contributed by atoms with Gasteiger partial charge in [-0.05, 0) is 32.0 Å². The van der Waals surface area contributed by atoms with Gasteiger partial charge in [0.2, 0.25) is 0 Å². The Labute approximate surface area is 136 Å². The van der Waals surface area contributed by atoms with Gasteiger partial charge in [0.1, 0.15) is 13.2 Å². The number of hydrogen-bond acceptors (Lipinski definition) is 4. The Bertz CT molecular complexity index is 521. The lowest BCUT2D eigenvalue weighted by Crippen LogP contribution is -2.48. The Balaban J connectivity index is 1.93. The average molecular weight is 320 g/mol. The van der Waals surface area contributed by atoms with Crippen molar-refractivity contribution in [1.29, 1.82) is 0 Å². The third-order valence-electron chi connectivity index (χ3n) is 4.14. The van der Waals surface area contributed by atoms with E-state index in [1.54, 1.807) is 0 Å². The van der Waals surface area contributed by atoms with Crippen LogP contribution in [0.4, 0.5) is 4.79 Å². The summed E-state index contributed by atoms with van der Waals surface area (Å²) in [5.41, 5.74) is 0.880. The summed E-state index contributed by atoms with van der Waals surface area (Å²) in [6.45, 7) is 1.18. The molecule has 1 aliphatic rings. The molecule has 1 amide bonds. The maximum atomic E-state index is 12.3. The lowest BCUT2D eigenvalue weighted by atomic mass is 10.0. The first-order valence-corrected chi connectivity index (χ1v) is 7.94. The summed E-state index contributed by atoms with van der Waals surface area (Å²) < 4.78 is 5.27. The maximum absolute atomic E-state index is 12.3. The summed E-state index contributed by atoms with van der Waals surface area (Å²) in [5, 5.41) is 9.05. The van der Waals surface area contributed by atoms with E-state index in [4.69, 9.17) is 9.84 Å². The van der Waals surface area contributed by atoms with Crippen LogP contribution in [-0.4, -0.2) is 59.7 Å². The van der Waals surface area contributed by atoms with Crippen molar-refractivity contribution in [3.05, 3.63) is 35.9 Å². The normalized spacial score (nSPS) is 18.4. The minimum atomic E-state index is -1.03. The summed E-state index contributed by atoms with van der Waals surface area (Å²) in [4.78, 5) is 26.8. The zero-order chi connectivity index (χ0) is 16.7. The number of amides is 1. The largest absolute Gasteiger partial charge is 0.480 e. The van der Waals surface area contributed by atoms with Gasteiger partial charge in [-0.1, -0.05) is 36.8 Å². The number of carboxylic acids is 1. The molecule has 2 rings (SSSR count). The van der Waals surface area contributed by atoms with Crippen LogP contribution in [0.25, 0.3) is 0 Å². The number of aliphatic carboxylic acids is 1. The number of carbonyl (C=O) groups is 2. The number of hydrogen-bond donors (Lipinski definition) is 1. The van der Waals surface area contributed by atoms with Gasteiger partial charge in [-0.2, -0.15) is 0 Å². The highest BCUT2D eigenvalue weighted by Crippen LogP contribution is 2.16. The van der Waals surface area contributed by atoms with Gasteiger partial charge < -0.3 is 14.7 Å². The van der Waals surface area contributed by atoms with Gasteiger partial charge in [0, 0.05) is 12.6 Å². The fraction of sp³-hybridized carbons (Fsp3) is 0.529. The van der Waals surface area contributed by atoms with E-state index in [1.807, 2.05) is 37.4 Å². The number of benzene rings is 1. The van der Waals surface area contributed by atoms with E-state index >= 15 is 0 Å². The van der Waals surface area contributed by atoms with Crippen molar-refractivity contribution >= 4 is 12.1 Å². The number of rotatable bonds is 6. The third-order valence-corrected chi connectivity index (χ3v) is 4.14. The van der Waals surface area contributed by atoms with E-state index in [2.05, 4.69) is 4.90 Å². The highest BCUT2D eigenvalue weighted by molar-refractivity contribution is 5.76. The molecule has 1 aromatic rings. The highest BCUT2D eigenvalue weighted by Gasteiger charge is 2.26. The molecule has 1 heterocycles. The zero-order valence-electron chi connectivity index (χ0n) is 13.5. The molecule has 1 fully saturated rings. The average Bonchev–Trinajstić information content (AvgIpc) is 2.54. The van der Waals surface area contributed by atoms with Crippen LogP contribution < -0.4 is 0 Å². The molecule has 0 bridgehead atoms. The quantitative estimate of drug-likeness (QED) is 0.870. The summed E-state index contributed by atoms with van der Waals surface area (Å²) in [6.07, 6.45) is 2.65. The van der Waals surface area contributed by atoms with Crippen molar-refractivity contribution in [3.63, 3.8) is 0 Å². The second-order valence-corrected chi connectivity index (χ2v) is 5.94. The van der Waals surface area contributed by atoms with Gasteiger partial charge in [-0.3, -0.25) is 9.69 Å². The fourth-order valence-corrected chi connectivity index (χ4v) is 2.81. The minimum Gasteiger partial charge on any atom is -0.480 e. The number of likely N-dealkylation sites (tertiary alicyclic amines) is 1. The molecule has 6 nitrogen and oxygen atoms in total. The van der Waals surface area contributed by atoms with Crippen LogP contribution >= 0.6 is 0 Å². The summed E-state index contributed by atoms with van der Waals surface area (Å²) in [5.74, 6) is -1.03. The maximum Gasteiger partial charge on any atom is 0.410 e. The summed E-state index contributed by atoms with van der Waals surface area (Å²) in [6, 6.07) is 9.55. The van der Waals surface area contributed by atoms with E-state index < -0.39 is 12.1 Å². The molecule has 0 spiro atoms. The number of nitrogens with zero attached hydrogens (tertiary/aromatic N) is 2. The topological polar surface area (TPSA) is 70.1 Å². The van der Waals surface area contributed by atoms with Crippen LogP contribution in [0.2, 0.25) is 0 Å². The predicted molar refractivity (Wildman–Crippen MR) is 86.1 cm³/mol. The first-order valence-electron chi connectivity index (χ1n) is 7.94. The van der Waals surface area contributed by atoms with Gasteiger partial charge in [-0.25, -0.2) is 4.79 Å². The SMILES string of the molecule is CN1CCCC[C@@H]1CN(CC(=O)O)C(=O)OCc1ccccc1. The van der Waals surface area contributed by atoms with Gasteiger partial charge in [0.05, 0.1) is 0 Å². The molecule has 1 N–H and O–H groups in total. The number of carboxylic acid groups (broad SMARTS) is 1. The van der Waals surface area contributed by atoms with E-state index in [0.717, 1.165) is 31.4 Å². The van der Waals surface area contributed by atoms with Crippen LogP contribution in [-0.2, 0) is 16.1 Å². The smallest absolute Gasteiger partial charge is 0.410 e. The van der Waals surface area contributed by atoms with Crippen molar-refractivity contribution in [1.82, 2.24) is 9.80 Å². The van der Waals surface area contributed by atoms with Crippen LogP contribution in [0.1, 0.15) is 24.8 Å². The lowest BCUT2D eigenvalue weighted by Gasteiger charge is -2.35. The lowest BCUT2D eigenvalue weighted by molar-refractivity contribution is -0.138. The molecule has 1 aliphatic heterocycles. The Morgan fingerprint density at radius 2 is 2.04 bits per heavy atom. The van der Waals surface area contributed by atoms with Crippen molar-refractivity contribution in [3.8, 4) is 0 Å². The highest BCUT2D eigenvalue weighted by atomic mass is 16.6. The molecule has 0 radical (unpaired) electrons. The second-order valence-electron chi connectivity index (χ2n) is 5.94. The van der Waals surface area contributed by atoms with E-state index in [0.29, 0.717) is 6.54 Å². The van der Waals surface area contributed by atoms with Crippen LogP contribution in [0.15, 0.2) is 30.3 Å². The van der Waals surface area contributed by atoms with Gasteiger partial charge in [-0.15, -0.1) is 0 Å². The van der Waals surface area contributed by atoms with Gasteiger partial charge >= 0.3 is 12.1 Å². The van der Waals surface area contributed by atoms with Crippen molar-refractivity contribution in [2.45, 2.75) is 31.9 Å². The van der Waals surface area contributed by atoms with Crippen molar-refractivity contribution in [2.75, 3.05) is 26.7 Å². The second kappa shape index (κ2) is 8.53. The molecule has 1 atom stereocenters. The monoisotopic (exact) mass is 320 g/mol. The van der Waals surface area contributed by atoms with Gasteiger partial charge in [0.25, 0.3) is 0 Å². The fourth-order valence-electron chi connectivity index (χ4n) is 2.81. The van der Waals surface area contributed by atoms with Crippen LogP contribution in [0.3, 0.4) is 0 Å². The molecule has 0 unspecified atom stereocenters. The molecular formula is C17H24N2O4. The molecule has 0 aliphatic carbocycles. The van der Waals surface area contributed by atoms with E-state index in [-0.39, 0.29) is 19.2 Å². The number of ether oxygens (including phenoxy) is 1. The molecule has 23 heavy (non-hydrogen) atoms. The molecule has 0 aromatic heterocycles. The number of carbonyl (C=O) groups excluding carboxylic acids is 1. The first kappa shape index (κ1) is 17.3. The van der Waals surface area contributed by atoms with Crippen LogP contribution in [0.5, 0.6) is 0 Å². The first-order chi connectivity index (χ1) is 11.1. The van der Waals surface area contributed by atoms with Crippen LogP contribution in [0, 0.1) is 0 Å². The molecular weight excluding hydrogens is 296 g/mol. The van der Waals surface area contributed by atoms with Crippen molar-refractivity contribution in [2.24, 2.45) is 0 Å². The minimum absolute atomic E-state index is 0.149. The van der Waals surface area contributed by atoms with Crippen molar-refractivity contribution < 1.29 is 19.4 Å². The Hall–Kier alpha value is -2.08.